The number of nitrogens with one attached hydrogen (secondary N) is 1. The summed E-state index contributed by atoms with van der Waals surface area (Å²) in [5.74, 6) is 0.542. The number of benzene rings is 3. The van der Waals surface area contributed by atoms with Crippen molar-refractivity contribution < 1.29 is 0 Å². The Morgan fingerprint density at radius 3 is 2.12 bits per heavy atom. The summed E-state index contributed by atoms with van der Waals surface area (Å²) in [6, 6.07) is 22.2. The fourth-order valence-corrected chi connectivity index (χ4v) is 2.83. The van der Waals surface area contributed by atoms with E-state index < -0.39 is 0 Å². The summed E-state index contributed by atoms with van der Waals surface area (Å²) < 4.78 is 0. The van der Waals surface area contributed by atoms with Crippen molar-refractivity contribution >= 4 is 45.2 Å². The molecule has 4 aromatic rings. The van der Waals surface area contributed by atoms with Crippen LogP contribution < -0.4 is 5.43 Å². The molecule has 0 radical (unpaired) electrons. The number of halogens is 1. The monoisotopic (exact) mass is 332 g/mol. The van der Waals surface area contributed by atoms with E-state index in [0.29, 0.717) is 11.0 Å². The van der Waals surface area contributed by atoms with E-state index in [-0.39, 0.29) is 0 Å². The van der Waals surface area contributed by atoms with Gasteiger partial charge in [-0.15, -0.1) is 10.2 Å². The number of hydrogen-bond acceptors (Lipinski definition) is 4. The van der Waals surface area contributed by atoms with Crippen molar-refractivity contribution in [3.8, 4) is 0 Å². The molecule has 0 saturated heterocycles. The largest absolute Gasteiger partial charge is 0.260 e. The van der Waals surface area contributed by atoms with Crippen LogP contribution in [0.2, 0.25) is 5.15 Å². The molecule has 0 aliphatic carbocycles. The zero-order valence-corrected chi connectivity index (χ0v) is 13.4. The average Bonchev–Trinajstić information content (AvgIpc) is 2.63. The van der Waals surface area contributed by atoms with Crippen LogP contribution in [-0.2, 0) is 0 Å². The van der Waals surface area contributed by atoms with E-state index in [1.807, 2.05) is 30.5 Å². The predicted molar refractivity (Wildman–Crippen MR) is 99.7 cm³/mol. The first-order valence-corrected chi connectivity index (χ1v) is 7.88. The molecule has 0 aliphatic rings. The molecular formula is C19H13ClN4. The van der Waals surface area contributed by atoms with Crippen molar-refractivity contribution in [1.29, 1.82) is 0 Å². The van der Waals surface area contributed by atoms with Gasteiger partial charge in [0.1, 0.15) is 0 Å². The molecule has 0 saturated carbocycles. The fraction of sp³-hybridized carbons (Fsp3) is 0. The molecule has 1 heterocycles. The van der Waals surface area contributed by atoms with Crippen molar-refractivity contribution in [1.82, 2.24) is 10.2 Å². The number of fused-ring (bicyclic) bond motifs is 2. The highest BCUT2D eigenvalue weighted by atomic mass is 35.5. The number of rotatable bonds is 3. The lowest BCUT2D eigenvalue weighted by molar-refractivity contribution is 1.02. The topological polar surface area (TPSA) is 50.2 Å². The van der Waals surface area contributed by atoms with Gasteiger partial charge in [-0.1, -0.05) is 60.1 Å². The number of hydrazone groups is 1. The molecule has 0 amide bonds. The van der Waals surface area contributed by atoms with Crippen LogP contribution in [-0.4, -0.2) is 16.4 Å². The van der Waals surface area contributed by atoms with Crippen LogP contribution in [0, 0.1) is 0 Å². The zero-order valence-electron chi connectivity index (χ0n) is 12.6. The second-order valence-corrected chi connectivity index (χ2v) is 5.73. The van der Waals surface area contributed by atoms with Crippen LogP contribution in [0.1, 0.15) is 5.56 Å². The smallest absolute Gasteiger partial charge is 0.168 e. The Balaban J connectivity index is 1.78. The molecule has 24 heavy (non-hydrogen) atoms. The Morgan fingerprint density at radius 1 is 0.833 bits per heavy atom. The van der Waals surface area contributed by atoms with E-state index in [9.17, 15) is 0 Å². The van der Waals surface area contributed by atoms with E-state index in [2.05, 4.69) is 51.1 Å². The molecule has 116 valence electrons. The van der Waals surface area contributed by atoms with Gasteiger partial charge in [-0.3, -0.25) is 5.43 Å². The summed E-state index contributed by atoms with van der Waals surface area (Å²) in [6.45, 7) is 0. The van der Waals surface area contributed by atoms with Gasteiger partial charge in [0.15, 0.2) is 11.0 Å². The minimum absolute atomic E-state index is 0.351. The number of aromatic nitrogens is 2. The highest BCUT2D eigenvalue weighted by Gasteiger charge is 2.05. The zero-order chi connectivity index (χ0) is 16.4. The SMILES string of the molecule is Clc1ccc(N/N=C\c2c3ccccc3cc3ccccc23)nn1. The lowest BCUT2D eigenvalue weighted by atomic mass is 9.97. The second-order valence-electron chi connectivity index (χ2n) is 5.34. The highest BCUT2D eigenvalue weighted by molar-refractivity contribution is 6.29. The normalized spacial score (nSPS) is 11.4. The molecule has 0 bridgehead atoms. The first kappa shape index (κ1) is 14.6. The van der Waals surface area contributed by atoms with Gasteiger partial charge in [-0.25, -0.2) is 0 Å². The average molecular weight is 333 g/mol. The summed E-state index contributed by atoms with van der Waals surface area (Å²) in [4.78, 5) is 0. The quantitative estimate of drug-likeness (QED) is 0.330. The molecule has 0 atom stereocenters. The second kappa shape index (κ2) is 6.26. The van der Waals surface area contributed by atoms with E-state index >= 15 is 0 Å². The van der Waals surface area contributed by atoms with Crippen LogP contribution >= 0.6 is 11.6 Å². The summed E-state index contributed by atoms with van der Waals surface area (Å²) in [6.07, 6.45) is 1.82. The minimum Gasteiger partial charge on any atom is -0.260 e. The molecule has 1 aromatic heterocycles. The van der Waals surface area contributed by atoms with E-state index in [0.717, 1.165) is 16.3 Å². The first-order valence-electron chi connectivity index (χ1n) is 7.50. The van der Waals surface area contributed by atoms with Crippen molar-refractivity contribution in [2.75, 3.05) is 5.43 Å². The van der Waals surface area contributed by atoms with Gasteiger partial charge in [0.25, 0.3) is 0 Å². The van der Waals surface area contributed by atoms with Crippen molar-refractivity contribution in [2.24, 2.45) is 5.10 Å². The number of anilines is 1. The van der Waals surface area contributed by atoms with Crippen LogP contribution in [0.5, 0.6) is 0 Å². The maximum absolute atomic E-state index is 5.73. The Kier molecular flexibility index (Phi) is 3.81. The van der Waals surface area contributed by atoms with Gasteiger partial charge in [-0.2, -0.15) is 5.10 Å². The third-order valence-corrected chi connectivity index (χ3v) is 4.02. The molecule has 1 N–H and O–H groups in total. The van der Waals surface area contributed by atoms with Gasteiger partial charge in [0, 0.05) is 5.56 Å². The Morgan fingerprint density at radius 2 is 1.50 bits per heavy atom. The standard InChI is InChI=1S/C19H13ClN4/c20-18-9-10-19(24-22-18)23-21-12-17-15-7-3-1-5-13(15)11-14-6-2-4-8-16(14)17/h1-12H,(H,23,24)/b21-12-. The summed E-state index contributed by atoms with van der Waals surface area (Å²) in [7, 11) is 0. The highest BCUT2D eigenvalue weighted by Crippen LogP contribution is 2.27. The van der Waals surface area contributed by atoms with E-state index in [1.165, 1.54) is 10.8 Å². The van der Waals surface area contributed by atoms with Crippen LogP contribution in [0.4, 0.5) is 5.82 Å². The van der Waals surface area contributed by atoms with Crippen LogP contribution in [0.15, 0.2) is 71.8 Å². The lowest BCUT2D eigenvalue weighted by Gasteiger charge is -2.07. The lowest BCUT2D eigenvalue weighted by Crippen LogP contribution is -1.96. The van der Waals surface area contributed by atoms with Crippen LogP contribution in [0.25, 0.3) is 21.5 Å². The van der Waals surface area contributed by atoms with Gasteiger partial charge >= 0.3 is 0 Å². The molecular weight excluding hydrogens is 320 g/mol. The maximum Gasteiger partial charge on any atom is 0.168 e. The molecule has 4 rings (SSSR count). The molecule has 0 spiro atoms. The fourth-order valence-electron chi connectivity index (χ4n) is 2.73. The van der Waals surface area contributed by atoms with Gasteiger partial charge in [0.2, 0.25) is 0 Å². The van der Waals surface area contributed by atoms with Crippen LogP contribution in [0.3, 0.4) is 0 Å². The first-order chi connectivity index (χ1) is 11.8. The minimum atomic E-state index is 0.351. The van der Waals surface area contributed by atoms with Gasteiger partial charge in [-0.05, 0) is 39.7 Å². The summed E-state index contributed by atoms with van der Waals surface area (Å²) >= 11 is 5.73. The summed E-state index contributed by atoms with van der Waals surface area (Å²) in [5.41, 5.74) is 3.95. The Bertz CT molecular complexity index is 988. The molecule has 0 unspecified atom stereocenters. The molecule has 4 nitrogen and oxygen atoms in total. The third-order valence-electron chi connectivity index (χ3n) is 3.82. The van der Waals surface area contributed by atoms with Crippen molar-refractivity contribution in [3.05, 3.63) is 77.4 Å². The molecule has 0 aliphatic heterocycles. The van der Waals surface area contributed by atoms with E-state index in [1.54, 1.807) is 12.1 Å². The van der Waals surface area contributed by atoms with Gasteiger partial charge in [0.05, 0.1) is 6.21 Å². The number of hydrogen-bond donors (Lipinski definition) is 1. The molecule has 3 aromatic carbocycles. The summed E-state index contributed by atoms with van der Waals surface area (Å²) in [5, 5.41) is 17.1. The molecule has 5 heteroatoms. The van der Waals surface area contributed by atoms with Crippen molar-refractivity contribution in [2.45, 2.75) is 0 Å². The maximum atomic E-state index is 5.73. The van der Waals surface area contributed by atoms with E-state index in [4.69, 9.17) is 11.6 Å². The Labute approximate surface area is 143 Å². The third kappa shape index (κ3) is 2.79. The Hall–Kier alpha value is -2.98. The predicted octanol–water partition coefficient (Wildman–Crippen LogP) is 4.88. The van der Waals surface area contributed by atoms with Gasteiger partial charge < -0.3 is 0 Å². The van der Waals surface area contributed by atoms with Crippen molar-refractivity contribution in [3.63, 3.8) is 0 Å². The molecule has 0 fully saturated rings. The number of nitrogens with zero attached hydrogens (tertiary/aromatic N) is 3.